The fraction of sp³-hybridized carbons (Fsp3) is 0.188. The molecule has 0 bridgehead atoms. The molecule has 2 N–H and O–H groups in total. The molecule has 4 rings (SSSR count). The number of carbonyl (C=O) groups is 2. The second kappa shape index (κ2) is 14.0. The third-order valence-corrected chi connectivity index (χ3v) is 7.93. The minimum atomic E-state index is -0.211. The molecule has 0 fully saturated rings. The van der Waals surface area contributed by atoms with Crippen molar-refractivity contribution in [1.29, 1.82) is 0 Å². The van der Waals surface area contributed by atoms with Crippen LogP contribution in [0.2, 0.25) is 0 Å². The Hall–Kier alpha value is -3.88. The molecule has 0 aliphatic carbocycles. The van der Waals surface area contributed by atoms with Gasteiger partial charge in [0, 0.05) is 21.2 Å². The molecule has 4 aromatic carbocycles. The molecule has 40 heavy (non-hydrogen) atoms. The van der Waals surface area contributed by atoms with Gasteiger partial charge in [-0.15, -0.1) is 0 Å². The topological polar surface area (TPSA) is 76.7 Å². The van der Waals surface area contributed by atoms with Crippen LogP contribution in [0, 0.1) is 0 Å². The Morgan fingerprint density at radius 1 is 0.550 bits per heavy atom. The van der Waals surface area contributed by atoms with E-state index >= 15 is 0 Å². The molecule has 0 atom stereocenters. The van der Waals surface area contributed by atoms with E-state index in [1.807, 2.05) is 113 Å². The summed E-state index contributed by atoms with van der Waals surface area (Å²) in [7, 11) is 2.87. The van der Waals surface area contributed by atoms with Crippen LogP contribution in [-0.2, 0) is 0 Å². The summed E-state index contributed by atoms with van der Waals surface area (Å²) < 4.78 is 11.4. The van der Waals surface area contributed by atoms with Crippen molar-refractivity contribution < 1.29 is 19.1 Å². The second-order valence-corrected chi connectivity index (χ2v) is 11.7. The maximum atomic E-state index is 13.1. The van der Waals surface area contributed by atoms with Gasteiger partial charge in [-0.1, -0.05) is 45.9 Å². The highest BCUT2D eigenvalue weighted by Gasteiger charge is 2.16. The predicted octanol–water partition coefficient (Wildman–Crippen LogP) is 8.57. The predicted molar refractivity (Wildman–Crippen MR) is 165 cm³/mol. The zero-order valence-electron chi connectivity index (χ0n) is 22.8. The first-order chi connectivity index (χ1) is 19.3. The average molecular weight is 573 g/mol. The Morgan fingerprint density at radius 3 is 1.25 bits per heavy atom. The van der Waals surface area contributed by atoms with Crippen molar-refractivity contribution in [3.63, 3.8) is 0 Å². The van der Waals surface area contributed by atoms with Gasteiger partial charge in [0.25, 0.3) is 11.8 Å². The molecule has 0 aromatic heterocycles. The van der Waals surface area contributed by atoms with Crippen LogP contribution in [-0.4, -0.2) is 24.0 Å². The van der Waals surface area contributed by atoms with Gasteiger partial charge in [-0.3, -0.25) is 9.59 Å². The smallest absolute Gasteiger partial charge is 0.256 e. The van der Waals surface area contributed by atoms with Crippen molar-refractivity contribution >= 4 is 44.8 Å². The maximum absolute atomic E-state index is 13.1. The monoisotopic (exact) mass is 572 g/mol. The number of hydrogen-bond acceptors (Lipinski definition) is 6. The van der Waals surface area contributed by atoms with Crippen LogP contribution in [0.3, 0.4) is 0 Å². The number of rotatable bonds is 11. The third-order valence-electron chi connectivity index (χ3n) is 5.45. The molecule has 0 spiro atoms. The van der Waals surface area contributed by atoms with Gasteiger partial charge < -0.3 is 20.1 Å². The molecule has 8 heteroatoms. The summed E-state index contributed by atoms with van der Waals surface area (Å²) in [6.07, 6.45) is 0.156. The van der Waals surface area contributed by atoms with E-state index in [9.17, 15) is 9.59 Å². The van der Waals surface area contributed by atoms with Gasteiger partial charge in [0.1, 0.15) is 11.5 Å². The van der Waals surface area contributed by atoms with Crippen molar-refractivity contribution in [1.82, 2.24) is 0 Å². The zero-order valence-corrected chi connectivity index (χ0v) is 24.5. The molecule has 0 unspecified atom stereocenters. The normalized spacial score (nSPS) is 10.8. The van der Waals surface area contributed by atoms with Crippen LogP contribution in [0.5, 0.6) is 11.5 Å². The lowest BCUT2D eigenvalue weighted by Gasteiger charge is -2.13. The lowest BCUT2D eigenvalue weighted by molar-refractivity contribution is 0.101. The van der Waals surface area contributed by atoms with Crippen LogP contribution in [0.15, 0.2) is 107 Å². The van der Waals surface area contributed by atoms with Crippen LogP contribution in [0.1, 0.15) is 48.4 Å². The number of benzene rings is 4. The molecule has 206 valence electrons. The first-order valence-electron chi connectivity index (χ1n) is 13.0. The summed E-state index contributed by atoms with van der Waals surface area (Å²) in [6, 6.07) is 29.5. The van der Waals surface area contributed by atoms with Gasteiger partial charge in [-0.25, -0.2) is 0 Å². The molecule has 0 aliphatic rings. The number of anilines is 2. The summed E-state index contributed by atoms with van der Waals surface area (Å²) in [5, 5.41) is 5.92. The Balaban J connectivity index is 1.42. The van der Waals surface area contributed by atoms with Gasteiger partial charge in [-0.2, -0.15) is 0 Å². The van der Waals surface area contributed by atoms with Crippen molar-refractivity contribution in [3.8, 4) is 11.5 Å². The van der Waals surface area contributed by atoms with E-state index in [-0.39, 0.29) is 24.0 Å². The quantitative estimate of drug-likeness (QED) is 0.175. The number of nitrogens with one attached hydrogen (secondary N) is 2. The highest BCUT2D eigenvalue weighted by atomic mass is 33.1. The van der Waals surface area contributed by atoms with Crippen LogP contribution >= 0.6 is 21.6 Å². The first kappa shape index (κ1) is 29.1. The van der Waals surface area contributed by atoms with E-state index in [0.717, 1.165) is 21.3 Å². The van der Waals surface area contributed by atoms with Crippen molar-refractivity contribution in [2.24, 2.45) is 0 Å². The summed E-state index contributed by atoms with van der Waals surface area (Å²) in [5.74, 6) is 1.08. The molecule has 0 heterocycles. The molecule has 2 amide bonds. The van der Waals surface area contributed by atoms with E-state index in [4.69, 9.17) is 9.47 Å². The Morgan fingerprint density at radius 2 is 0.900 bits per heavy atom. The fourth-order valence-corrected chi connectivity index (χ4v) is 6.08. The minimum Gasteiger partial charge on any atom is -0.491 e. The molecular weight excluding hydrogens is 540 g/mol. The summed E-state index contributed by atoms with van der Waals surface area (Å²) >= 11 is 0. The van der Waals surface area contributed by atoms with Gasteiger partial charge in [0.15, 0.2) is 0 Å². The lowest BCUT2D eigenvalue weighted by atomic mass is 10.2. The van der Waals surface area contributed by atoms with Crippen LogP contribution in [0.4, 0.5) is 11.4 Å². The molecule has 0 aliphatic heterocycles. The Kier molecular flexibility index (Phi) is 10.2. The molecule has 6 nitrogen and oxygen atoms in total. The summed E-state index contributed by atoms with van der Waals surface area (Å²) in [4.78, 5) is 27.8. The SMILES string of the molecule is CC(C)Oc1ccc(NC(=O)c2ccccc2SSc2ccccc2C(=O)Nc2ccc(OC(C)C)cc2)cc1. The van der Waals surface area contributed by atoms with Gasteiger partial charge in [0.05, 0.1) is 23.3 Å². The van der Waals surface area contributed by atoms with Crippen molar-refractivity contribution in [3.05, 3.63) is 108 Å². The Labute approximate surface area is 243 Å². The van der Waals surface area contributed by atoms with Crippen LogP contribution < -0.4 is 20.1 Å². The van der Waals surface area contributed by atoms with Crippen LogP contribution in [0.25, 0.3) is 0 Å². The number of amides is 2. The average Bonchev–Trinajstić information content (AvgIpc) is 2.94. The molecule has 0 radical (unpaired) electrons. The Bertz CT molecular complexity index is 1330. The second-order valence-electron chi connectivity index (χ2n) is 9.45. The third kappa shape index (κ3) is 8.31. The molecule has 0 saturated carbocycles. The van der Waals surface area contributed by atoms with E-state index in [1.54, 1.807) is 12.1 Å². The largest absolute Gasteiger partial charge is 0.491 e. The highest BCUT2D eigenvalue weighted by Crippen LogP contribution is 2.40. The van der Waals surface area contributed by atoms with Crippen molar-refractivity contribution in [2.75, 3.05) is 10.6 Å². The summed E-state index contributed by atoms with van der Waals surface area (Å²) in [5.41, 5.74) is 2.46. The lowest BCUT2D eigenvalue weighted by Crippen LogP contribution is -2.13. The molecule has 4 aromatic rings. The maximum Gasteiger partial charge on any atom is 0.256 e. The fourth-order valence-electron chi connectivity index (χ4n) is 3.72. The van der Waals surface area contributed by atoms with E-state index in [2.05, 4.69) is 10.6 Å². The molecular formula is C32H32N2O4S2. The van der Waals surface area contributed by atoms with E-state index in [0.29, 0.717) is 22.5 Å². The molecule has 0 saturated heterocycles. The number of hydrogen-bond donors (Lipinski definition) is 2. The number of ether oxygens (including phenoxy) is 2. The standard InChI is InChI=1S/C32H32N2O4S2/c1-21(2)37-25-17-13-23(14-18-25)33-31(35)27-9-5-7-11-29(27)39-40-30-12-8-6-10-28(30)32(36)34-24-15-19-26(20-16-24)38-22(3)4/h5-22H,1-4H3,(H,33,35)(H,34,36). The van der Waals surface area contributed by atoms with Gasteiger partial charge in [-0.05, 0) is 100 Å². The summed E-state index contributed by atoms with van der Waals surface area (Å²) in [6.45, 7) is 7.87. The van der Waals surface area contributed by atoms with Gasteiger partial charge in [0.2, 0.25) is 0 Å². The minimum absolute atomic E-state index is 0.0780. The van der Waals surface area contributed by atoms with Gasteiger partial charge >= 0.3 is 0 Å². The van der Waals surface area contributed by atoms with Crippen molar-refractivity contribution in [2.45, 2.75) is 49.7 Å². The highest BCUT2D eigenvalue weighted by molar-refractivity contribution is 8.76. The van der Waals surface area contributed by atoms with E-state index < -0.39 is 0 Å². The van der Waals surface area contributed by atoms with E-state index in [1.165, 1.54) is 21.6 Å². The zero-order chi connectivity index (χ0) is 28.5. The first-order valence-corrected chi connectivity index (χ1v) is 15.1. The number of carbonyl (C=O) groups excluding carboxylic acids is 2.